The average molecular weight is 279 g/mol. The van der Waals surface area contributed by atoms with Gasteiger partial charge in [0.15, 0.2) is 0 Å². The summed E-state index contributed by atoms with van der Waals surface area (Å²) in [5.41, 5.74) is 0.117. The zero-order chi connectivity index (χ0) is 14.5. The maximum absolute atomic E-state index is 13.7. The Kier molecular flexibility index (Phi) is 4.99. The molecule has 0 saturated heterocycles. The van der Waals surface area contributed by atoms with Crippen LogP contribution in [0.2, 0.25) is 0 Å². The van der Waals surface area contributed by atoms with Gasteiger partial charge in [0, 0.05) is 6.54 Å². The monoisotopic (exact) mass is 279 g/mol. The molecule has 2 N–H and O–H groups in total. The van der Waals surface area contributed by atoms with Crippen LogP contribution in [0.1, 0.15) is 49.4 Å². The lowest BCUT2D eigenvalue weighted by molar-refractivity contribution is 0.0697. The maximum atomic E-state index is 13.7. The molecule has 1 aromatic rings. The maximum Gasteiger partial charge on any atom is 0.337 e. The van der Waals surface area contributed by atoms with Crippen LogP contribution in [0, 0.1) is 17.7 Å². The van der Waals surface area contributed by atoms with E-state index in [4.69, 9.17) is 5.11 Å². The van der Waals surface area contributed by atoms with E-state index in [1.54, 1.807) is 0 Å². The number of benzene rings is 1. The van der Waals surface area contributed by atoms with Gasteiger partial charge in [0.25, 0.3) is 0 Å². The number of rotatable bonds is 5. The van der Waals surface area contributed by atoms with Crippen molar-refractivity contribution in [3.8, 4) is 0 Å². The van der Waals surface area contributed by atoms with E-state index < -0.39 is 11.8 Å². The number of aromatic carboxylic acids is 1. The summed E-state index contributed by atoms with van der Waals surface area (Å²) in [6, 6.07) is 4.14. The highest BCUT2D eigenvalue weighted by atomic mass is 19.1. The Balaban J connectivity index is 1.92. The van der Waals surface area contributed by atoms with Gasteiger partial charge in [-0.05, 0) is 36.8 Å². The van der Waals surface area contributed by atoms with Crippen molar-refractivity contribution in [1.82, 2.24) is 0 Å². The van der Waals surface area contributed by atoms with Crippen molar-refractivity contribution >= 4 is 11.7 Å². The van der Waals surface area contributed by atoms with Crippen LogP contribution in [0.25, 0.3) is 0 Å². The number of hydrogen-bond donors (Lipinski definition) is 2. The Morgan fingerprint density at radius 1 is 1.45 bits per heavy atom. The molecule has 1 saturated carbocycles. The van der Waals surface area contributed by atoms with Crippen LogP contribution >= 0.6 is 0 Å². The Morgan fingerprint density at radius 3 is 2.95 bits per heavy atom. The van der Waals surface area contributed by atoms with Crippen LogP contribution in [0.3, 0.4) is 0 Å². The minimum Gasteiger partial charge on any atom is -0.478 e. The number of carboxylic acids is 1. The van der Waals surface area contributed by atoms with Gasteiger partial charge in [-0.1, -0.05) is 32.3 Å². The average Bonchev–Trinajstić information content (AvgIpc) is 2.40. The zero-order valence-electron chi connectivity index (χ0n) is 11.9. The van der Waals surface area contributed by atoms with Crippen LogP contribution in [0.5, 0.6) is 0 Å². The summed E-state index contributed by atoms with van der Waals surface area (Å²) in [6.07, 6.45) is 6.00. The molecule has 20 heavy (non-hydrogen) atoms. The minimum atomic E-state index is -1.10. The molecule has 0 spiro atoms. The van der Waals surface area contributed by atoms with E-state index in [1.165, 1.54) is 43.9 Å². The highest BCUT2D eigenvalue weighted by Gasteiger charge is 2.19. The predicted molar refractivity (Wildman–Crippen MR) is 77.6 cm³/mol. The fraction of sp³-hybridized carbons (Fsp3) is 0.562. The summed E-state index contributed by atoms with van der Waals surface area (Å²) in [6.45, 7) is 2.90. The molecule has 110 valence electrons. The molecular weight excluding hydrogens is 257 g/mol. The standard InChI is InChI=1S/C16H22FNO2/c1-11-4-2-5-12(10-11)8-9-18-15-13(16(19)20)6-3-7-14(15)17/h3,6-7,11-12,18H,2,4-5,8-10H2,1H3,(H,19,20). The number of para-hydroxylation sites is 1. The Hall–Kier alpha value is -1.58. The molecule has 0 heterocycles. The number of carboxylic acid groups (broad SMARTS) is 1. The largest absolute Gasteiger partial charge is 0.478 e. The molecule has 0 amide bonds. The van der Waals surface area contributed by atoms with E-state index in [2.05, 4.69) is 12.2 Å². The van der Waals surface area contributed by atoms with Gasteiger partial charge in [-0.15, -0.1) is 0 Å². The van der Waals surface area contributed by atoms with Crippen molar-refractivity contribution in [2.45, 2.75) is 39.0 Å². The SMILES string of the molecule is CC1CCCC(CCNc2c(F)cccc2C(=O)O)C1. The van der Waals surface area contributed by atoms with Crippen molar-refractivity contribution in [2.24, 2.45) is 11.8 Å². The first-order chi connectivity index (χ1) is 9.58. The molecule has 3 nitrogen and oxygen atoms in total. The molecule has 0 bridgehead atoms. The summed E-state index contributed by atoms with van der Waals surface area (Å²) in [4.78, 5) is 11.1. The second-order valence-electron chi connectivity index (χ2n) is 5.82. The van der Waals surface area contributed by atoms with Crippen molar-refractivity contribution < 1.29 is 14.3 Å². The van der Waals surface area contributed by atoms with E-state index >= 15 is 0 Å². The summed E-state index contributed by atoms with van der Waals surface area (Å²) < 4.78 is 13.7. The van der Waals surface area contributed by atoms with E-state index in [1.807, 2.05) is 0 Å². The number of carbonyl (C=O) groups is 1. The minimum absolute atomic E-state index is 0.00186. The number of hydrogen-bond acceptors (Lipinski definition) is 2. The molecule has 2 unspecified atom stereocenters. The molecular formula is C16H22FNO2. The van der Waals surface area contributed by atoms with E-state index in [0.29, 0.717) is 12.5 Å². The molecule has 0 aliphatic heterocycles. The fourth-order valence-electron chi connectivity index (χ4n) is 3.11. The van der Waals surface area contributed by atoms with Gasteiger partial charge in [0.2, 0.25) is 0 Å². The van der Waals surface area contributed by atoms with Gasteiger partial charge in [0.1, 0.15) is 5.82 Å². The van der Waals surface area contributed by atoms with E-state index in [-0.39, 0.29) is 11.3 Å². The lowest BCUT2D eigenvalue weighted by Gasteiger charge is -2.26. The van der Waals surface area contributed by atoms with Gasteiger partial charge >= 0.3 is 5.97 Å². The van der Waals surface area contributed by atoms with Crippen LogP contribution in [-0.2, 0) is 0 Å². The molecule has 1 aliphatic rings. The van der Waals surface area contributed by atoms with Gasteiger partial charge < -0.3 is 10.4 Å². The lowest BCUT2D eigenvalue weighted by Crippen LogP contribution is -2.17. The summed E-state index contributed by atoms with van der Waals surface area (Å²) in [5.74, 6) is -0.150. The van der Waals surface area contributed by atoms with Crippen molar-refractivity contribution in [3.63, 3.8) is 0 Å². The highest BCUT2D eigenvalue weighted by molar-refractivity contribution is 5.94. The summed E-state index contributed by atoms with van der Waals surface area (Å²) in [7, 11) is 0. The molecule has 0 aromatic heterocycles. The first-order valence-electron chi connectivity index (χ1n) is 7.33. The lowest BCUT2D eigenvalue weighted by atomic mass is 9.81. The second kappa shape index (κ2) is 6.73. The number of nitrogens with one attached hydrogen (secondary N) is 1. The molecule has 1 aliphatic carbocycles. The third-order valence-electron chi connectivity index (χ3n) is 4.14. The Bertz CT molecular complexity index is 476. The van der Waals surface area contributed by atoms with Crippen LogP contribution in [-0.4, -0.2) is 17.6 Å². The van der Waals surface area contributed by atoms with Gasteiger partial charge in [-0.25, -0.2) is 9.18 Å². The smallest absolute Gasteiger partial charge is 0.337 e. The van der Waals surface area contributed by atoms with Crippen molar-refractivity contribution in [2.75, 3.05) is 11.9 Å². The van der Waals surface area contributed by atoms with Gasteiger partial charge in [0.05, 0.1) is 11.3 Å². The molecule has 2 rings (SSSR count). The quantitative estimate of drug-likeness (QED) is 0.851. The normalized spacial score (nSPS) is 22.5. The third kappa shape index (κ3) is 3.71. The fourth-order valence-corrected chi connectivity index (χ4v) is 3.11. The molecule has 2 atom stereocenters. The number of halogens is 1. The summed E-state index contributed by atoms with van der Waals surface area (Å²) in [5, 5.41) is 12.0. The van der Waals surface area contributed by atoms with Gasteiger partial charge in [-0.3, -0.25) is 0 Å². The predicted octanol–water partition coefficient (Wildman–Crippen LogP) is 4.15. The van der Waals surface area contributed by atoms with E-state index in [9.17, 15) is 9.18 Å². The number of anilines is 1. The Labute approximate surface area is 119 Å². The highest BCUT2D eigenvalue weighted by Crippen LogP contribution is 2.30. The van der Waals surface area contributed by atoms with Crippen LogP contribution in [0.15, 0.2) is 18.2 Å². The van der Waals surface area contributed by atoms with Crippen molar-refractivity contribution in [3.05, 3.63) is 29.6 Å². The van der Waals surface area contributed by atoms with E-state index in [0.717, 1.165) is 12.3 Å². The van der Waals surface area contributed by atoms with Crippen molar-refractivity contribution in [1.29, 1.82) is 0 Å². The van der Waals surface area contributed by atoms with Crippen LogP contribution in [0.4, 0.5) is 10.1 Å². The van der Waals surface area contributed by atoms with Gasteiger partial charge in [-0.2, -0.15) is 0 Å². The van der Waals surface area contributed by atoms with Crippen LogP contribution < -0.4 is 5.32 Å². The molecule has 1 fully saturated rings. The molecule has 0 radical (unpaired) electrons. The topological polar surface area (TPSA) is 49.3 Å². The Morgan fingerprint density at radius 2 is 2.25 bits per heavy atom. The zero-order valence-corrected chi connectivity index (χ0v) is 11.9. The third-order valence-corrected chi connectivity index (χ3v) is 4.14. The second-order valence-corrected chi connectivity index (χ2v) is 5.82. The first-order valence-corrected chi connectivity index (χ1v) is 7.33. The molecule has 1 aromatic carbocycles. The molecule has 4 heteroatoms. The first kappa shape index (κ1) is 14.8. The summed E-state index contributed by atoms with van der Waals surface area (Å²) >= 11 is 0.